The zero-order valence-corrected chi connectivity index (χ0v) is 10.8. The van der Waals surface area contributed by atoms with E-state index in [1.807, 2.05) is 36.7 Å². The fourth-order valence-electron chi connectivity index (χ4n) is 2.00. The number of imidazole rings is 1. The summed E-state index contributed by atoms with van der Waals surface area (Å²) in [7, 11) is 1.72. The van der Waals surface area contributed by atoms with Crippen LogP contribution in [0.2, 0.25) is 0 Å². The van der Waals surface area contributed by atoms with Gasteiger partial charge in [-0.25, -0.2) is 4.98 Å². The molecule has 0 fully saturated rings. The molecule has 18 heavy (non-hydrogen) atoms. The Morgan fingerprint density at radius 3 is 3.00 bits per heavy atom. The smallest absolute Gasteiger partial charge is 0.140 e. The minimum atomic E-state index is 0.351. The van der Waals surface area contributed by atoms with Crippen molar-refractivity contribution in [3.63, 3.8) is 0 Å². The zero-order valence-electron chi connectivity index (χ0n) is 10.8. The molecule has 2 N–H and O–H groups in total. The predicted octanol–water partition coefficient (Wildman–Crippen LogP) is 2.73. The molecule has 2 aromatic rings. The molecular formula is C14H19N3O. The number of methoxy groups -OCH3 is 1. The van der Waals surface area contributed by atoms with Gasteiger partial charge in [-0.2, -0.15) is 0 Å². The van der Waals surface area contributed by atoms with Crippen molar-refractivity contribution in [2.45, 2.75) is 19.4 Å². The Labute approximate surface area is 107 Å². The Bertz CT molecular complexity index is 507. The van der Waals surface area contributed by atoms with Crippen LogP contribution in [0, 0.1) is 0 Å². The molecule has 1 heterocycles. The summed E-state index contributed by atoms with van der Waals surface area (Å²) in [4.78, 5) is 4.42. The monoisotopic (exact) mass is 245 g/mol. The number of benzene rings is 1. The fraction of sp³-hybridized carbons (Fsp3) is 0.357. The van der Waals surface area contributed by atoms with Crippen LogP contribution in [0.4, 0.5) is 5.69 Å². The Morgan fingerprint density at radius 2 is 2.28 bits per heavy atom. The summed E-state index contributed by atoms with van der Waals surface area (Å²) in [6, 6.07) is 8.15. The third kappa shape index (κ3) is 2.71. The third-order valence-electron chi connectivity index (χ3n) is 3.03. The summed E-state index contributed by atoms with van der Waals surface area (Å²) in [5.74, 6) is 0.950. The van der Waals surface area contributed by atoms with E-state index in [2.05, 4.69) is 16.5 Å². The van der Waals surface area contributed by atoms with Crippen LogP contribution in [-0.2, 0) is 4.74 Å². The average molecular weight is 245 g/mol. The molecule has 0 aliphatic heterocycles. The quantitative estimate of drug-likeness (QED) is 0.824. The van der Waals surface area contributed by atoms with Gasteiger partial charge < -0.3 is 15.0 Å². The number of nitrogen functional groups attached to an aromatic ring is 1. The van der Waals surface area contributed by atoms with E-state index in [9.17, 15) is 0 Å². The maximum Gasteiger partial charge on any atom is 0.140 e. The molecule has 4 heteroatoms. The second kappa shape index (κ2) is 5.69. The maximum atomic E-state index is 5.81. The van der Waals surface area contributed by atoms with E-state index in [0.717, 1.165) is 30.1 Å². The first kappa shape index (κ1) is 12.6. The molecule has 0 aliphatic rings. The predicted molar refractivity (Wildman–Crippen MR) is 73.3 cm³/mol. The summed E-state index contributed by atoms with van der Waals surface area (Å²) in [6.07, 6.45) is 4.78. The second-order valence-corrected chi connectivity index (χ2v) is 4.41. The van der Waals surface area contributed by atoms with Crippen LogP contribution in [0.25, 0.3) is 11.4 Å². The third-order valence-corrected chi connectivity index (χ3v) is 3.03. The van der Waals surface area contributed by atoms with E-state index in [-0.39, 0.29) is 0 Å². The lowest BCUT2D eigenvalue weighted by molar-refractivity contribution is 0.181. The van der Waals surface area contributed by atoms with Crippen molar-refractivity contribution < 1.29 is 4.74 Å². The number of rotatable bonds is 5. The summed E-state index contributed by atoms with van der Waals surface area (Å²) < 4.78 is 7.28. The molecule has 1 aromatic carbocycles. The fourth-order valence-corrected chi connectivity index (χ4v) is 2.00. The molecule has 2 rings (SSSR count). The number of nitrogens with two attached hydrogens (primary N) is 1. The standard InChI is InChI=1S/C14H19N3O/c1-11(6-9-18-2)17-8-7-16-14(17)12-4-3-5-13(15)10-12/h3-5,7-8,10-11H,6,9,15H2,1-2H3. The van der Waals surface area contributed by atoms with Crippen LogP contribution >= 0.6 is 0 Å². The molecule has 4 nitrogen and oxygen atoms in total. The molecule has 1 atom stereocenters. The lowest BCUT2D eigenvalue weighted by Crippen LogP contribution is -2.08. The maximum absolute atomic E-state index is 5.81. The molecule has 0 saturated heterocycles. The van der Waals surface area contributed by atoms with Crippen LogP contribution in [-0.4, -0.2) is 23.3 Å². The van der Waals surface area contributed by atoms with Gasteiger partial charge in [0.05, 0.1) is 0 Å². The van der Waals surface area contributed by atoms with Crippen LogP contribution in [0.5, 0.6) is 0 Å². The van der Waals surface area contributed by atoms with Gasteiger partial charge in [-0.3, -0.25) is 0 Å². The van der Waals surface area contributed by atoms with Gasteiger partial charge >= 0.3 is 0 Å². The van der Waals surface area contributed by atoms with Crippen LogP contribution < -0.4 is 5.73 Å². The first-order valence-electron chi connectivity index (χ1n) is 6.10. The largest absolute Gasteiger partial charge is 0.399 e. The van der Waals surface area contributed by atoms with E-state index >= 15 is 0 Å². The highest BCUT2D eigenvalue weighted by molar-refractivity contribution is 5.61. The van der Waals surface area contributed by atoms with Crippen molar-refractivity contribution in [1.82, 2.24) is 9.55 Å². The van der Waals surface area contributed by atoms with Crippen molar-refractivity contribution in [2.75, 3.05) is 19.5 Å². The lowest BCUT2D eigenvalue weighted by atomic mass is 10.1. The first-order chi connectivity index (χ1) is 8.72. The normalized spacial score (nSPS) is 12.6. The molecule has 1 unspecified atom stereocenters. The summed E-state index contributed by atoms with van der Waals surface area (Å²) in [5.41, 5.74) is 7.62. The number of ether oxygens (including phenoxy) is 1. The average Bonchev–Trinajstić information content (AvgIpc) is 2.85. The van der Waals surface area contributed by atoms with Crippen molar-refractivity contribution in [1.29, 1.82) is 0 Å². The zero-order chi connectivity index (χ0) is 13.0. The summed E-state index contributed by atoms with van der Waals surface area (Å²) in [5, 5.41) is 0. The van der Waals surface area contributed by atoms with E-state index in [1.54, 1.807) is 7.11 Å². The Balaban J connectivity index is 2.27. The van der Waals surface area contributed by atoms with Crippen molar-refractivity contribution in [3.8, 4) is 11.4 Å². The van der Waals surface area contributed by atoms with Crippen molar-refractivity contribution in [3.05, 3.63) is 36.7 Å². The molecular weight excluding hydrogens is 226 g/mol. The highest BCUT2D eigenvalue weighted by Gasteiger charge is 2.11. The van der Waals surface area contributed by atoms with Crippen LogP contribution in [0.3, 0.4) is 0 Å². The van der Waals surface area contributed by atoms with Gasteiger partial charge in [-0.05, 0) is 25.5 Å². The minimum absolute atomic E-state index is 0.351. The van der Waals surface area contributed by atoms with Crippen molar-refractivity contribution >= 4 is 5.69 Å². The molecule has 96 valence electrons. The van der Waals surface area contributed by atoms with E-state index in [4.69, 9.17) is 10.5 Å². The topological polar surface area (TPSA) is 53.1 Å². The summed E-state index contributed by atoms with van der Waals surface area (Å²) >= 11 is 0. The number of hydrogen-bond donors (Lipinski definition) is 1. The second-order valence-electron chi connectivity index (χ2n) is 4.41. The minimum Gasteiger partial charge on any atom is -0.399 e. The molecule has 0 saturated carbocycles. The Kier molecular flexibility index (Phi) is 3.99. The molecule has 0 aliphatic carbocycles. The Morgan fingerprint density at radius 1 is 1.44 bits per heavy atom. The van der Waals surface area contributed by atoms with E-state index < -0.39 is 0 Å². The van der Waals surface area contributed by atoms with Gasteiger partial charge in [0.2, 0.25) is 0 Å². The molecule has 0 bridgehead atoms. The van der Waals surface area contributed by atoms with Gasteiger partial charge in [-0.15, -0.1) is 0 Å². The lowest BCUT2D eigenvalue weighted by Gasteiger charge is -2.16. The van der Waals surface area contributed by atoms with Crippen LogP contribution in [0.15, 0.2) is 36.7 Å². The van der Waals surface area contributed by atoms with Crippen LogP contribution in [0.1, 0.15) is 19.4 Å². The van der Waals surface area contributed by atoms with Gasteiger partial charge in [0, 0.05) is 43.4 Å². The van der Waals surface area contributed by atoms with Gasteiger partial charge in [-0.1, -0.05) is 12.1 Å². The first-order valence-corrected chi connectivity index (χ1v) is 6.10. The molecule has 0 radical (unpaired) electrons. The number of anilines is 1. The van der Waals surface area contributed by atoms with E-state index in [0.29, 0.717) is 6.04 Å². The highest BCUT2D eigenvalue weighted by atomic mass is 16.5. The number of hydrogen-bond acceptors (Lipinski definition) is 3. The SMILES string of the molecule is COCCC(C)n1ccnc1-c1cccc(N)c1. The highest BCUT2D eigenvalue weighted by Crippen LogP contribution is 2.24. The summed E-state index contributed by atoms with van der Waals surface area (Å²) in [6.45, 7) is 2.91. The Hall–Kier alpha value is -1.81. The van der Waals surface area contributed by atoms with Gasteiger partial charge in [0.1, 0.15) is 5.82 Å². The van der Waals surface area contributed by atoms with Crippen molar-refractivity contribution in [2.24, 2.45) is 0 Å². The molecule has 0 spiro atoms. The van der Waals surface area contributed by atoms with Gasteiger partial charge in [0.15, 0.2) is 0 Å². The number of nitrogens with zero attached hydrogens (tertiary/aromatic N) is 2. The number of aromatic nitrogens is 2. The molecule has 1 aromatic heterocycles. The van der Waals surface area contributed by atoms with Gasteiger partial charge in [0.25, 0.3) is 0 Å². The van der Waals surface area contributed by atoms with E-state index in [1.165, 1.54) is 0 Å². The molecule has 0 amide bonds.